The normalized spacial score (nSPS) is 29.9. The van der Waals surface area contributed by atoms with E-state index in [1.165, 1.54) is 48.8 Å². The first kappa shape index (κ1) is 17.0. The minimum atomic E-state index is -0.564. The summed E-state index contributed by atoms with van der Waals surface area (Å²) in [5, 5.41) is 0. The maximum Gasteiger partial charge on any atom is 0.106 e. The van der Waals surface area contributed by atoms with Gasteiger partial charge in [0.15, 0.2) is 0 Å². The minimum Gasteiger partial charge on any atom is -0.247 e. The topological polar surface area (TPSA) is 0 Å². The summed E-state index contributed by atoms with van der Waals surface area (Å²) >= 11 is 0. The fourth-order valence-electron chi connectivity index (χ4n) is 5.05. The van der Waals surface area contributed by atoms with Crippen molar-refractivity contribution in [3.05, 3.63) is 34.9 Å². The van der Waals surface area contributed by atoms with E-state index in [0.29, 0.717) is 17.8 Å². The molecule has 4 atom stereocenters. The molecule has 23 heavy (non-hydrogen) atoms. The van der Waals surface area contributed by atoms with Gasteiger partial charge < -0.3 is 0 Å². The van der Waals surface area contributed by atoms with Gasteiger partial charge in [-0.1, -0.05) is 51.3 Å². The van der Waals surface area contributed by atoms with Crippen LogP contribution in [0.5, 0.6) is 0 Å². The Balaban J connectivity index is 1.72. The Morgan fingerprint density at radius 2 is 1.91 bits per heavy atom. The van der Waals surface area contributed by atoms with Crippen LogP contribution in [0, 0.1) is 11.8 Å². The number of fused-ring (bicyclic) bond motifs is 3. The Bertz CT molecular complexity index is 507. The predicted molar refractivity (Wildman–Crippen MR) is 96.8 cm³/mol. The Hall–Kier alpha value is -0.850. The number of unbranched alkanes of at least 4 members (excludes halogenated alkanes) is 2. The molecule has 2 aliphatic rings. The van der Waals surface area contributed by atoms with Crippen molar-refractivity contribution in [2.45, 2.75) is 90.1 Å². The maximum absolute atomic E-state index is 14.9. The van der Waals surface area contributed by atoms with Crippen molar-refractivity contribution < 1.29 is 4.39 Å². The van der Waals surface area contributed by atoms with E-state index in [-0.39, 0.29) is 0 Å². The maximum atomic E-state index is 14.9. The lowest BCUT2D eigenvalue weighted by Crippen LogP contribution is -2.38. The largest absolute Gasteiger partial charge is 0.247 e. The monoisotopic (exact) mass is 316 g/mol. The molecule has 0 radical (unpaired) electrons. The van der Waals surface area contributed by atoms with Crippen LogP contribution in [0.2, 0.25) is 0 Å². The van der Waals surface area contributed by atoms with Gasteiger partial charge >= 0.3 is 0 Å². The molecule has 0 amide bonds. The molecule has 0 aliphatic heterocycles. The zero-order chi connectivity index (χ0) is 16.2. The predicted octanol–water partition coefficient (Wildman–Crippen LogP) is 6.61. The summed E-state index contributed by atoms with van der Waals surface area (Å²) in [6, 6.07) is 7.11. The average Bonchev–Trinajstić information content (AvgIpc) is 2.57. The van der Waals surface area contributed by atoms with E-state index in [1.54, 1.807) is 0 Å². The van der Waals surface area contributed by atoms with Crippen LogP contribution in [0.15, 0.2) is 18.2 Å². The van der Waals surface area contributed by atoms with E-state index < -0.39 is 6.17 Å². The zero-order valence-corrected chi connectivity index (χ0v) is 15.0. The van der Waals surface area contributed by atoms with E-state index in [4.69, 9.17) is 0 Å². The number of benzene rings is 1. The van der Waals surface area contributed by atoms with Crippen LogP contribution in [0.3, 0.4) is 0 Å². The molecule has 1 heteroatoms. The van der Waals surface area contributed by atoms with E-state index >= 15 is 0 Å². The first-order chi connectivity index (χ1) is 11.2. The molecule has 4 unspecified atom stereocenters. The second-order valence-corrected chi connectivity index (χ2v) is 7.87. The van der Waals surface area contributed by atoms with Crippen LogP contribution in [0.25, 0.3) is 0 Å². The van der Waals surface area contributed by atoms with Crippen molar-refractivity contribution in [2.24, 2.45) is 11.8 Å². The lowest BCUT2D eigenvalue weighted by Gasteiger charge is -2.43. The minimum absolute atomic E-state index is 0.291. The highest BCUT2D eigenvalue weighted by molar-refractivity contribution is 5.38. The molecule has 0 spiro atoms. The van der Waals surface area contributed by atoms with Gasteiger partial charge in [-0.3, -0.25) is 0 Å². The average molecular weight is 317 g/mol. The van der Waals surface area contributed by atoms with Crippen molar-refractivity contribution in [1.29, 1.82) is 0 Å². The Labute approximate surface area is 141 Å². The van der Waals surface area contributed by atoms with Crippen LogP contribution in [-0.4, -0.2) is 6.17 Å². The Kier molecular flexibility index (Phi) is 5.77. The second-order valence-electron chi connectivity index (χ2n) is 7.87. The summed E-state index contributed by atoms with van der Waals surface area (Å²) < 4.78 is 14.9. The van der Waals surface area contributed by atoms with Crippen LogP contribution < -0.4 is 0 Å². The van der Waals surface area contributed by atoms with Crippen LogP contribution in [-0.2, 0) is 12.8 Å². The van der Waals surface area contributed by atoms with Gasteiger partial charge in [0, 0.05) is 0 Å². The van der Waals surface area contributed by atoms with Gasteiger partial charge in [0.1, 0.15) is 6.17 Å². The molecule has 0 bridgehead atoms. The lowest BCUT2D eigenvalue weighted by atomic mass is 9.63. The Morgan fingerprint density at radius 1 is 1.04 bits per heavy atom. The molecular weight excluding hydrogens is 283 g/mol. The van der Waals surface area contributed by atoms with Crippen molar-refractivity contribution in [1.82, 2.24) is 0 Å². The molecule has 1 aromatic carbocycles. The fraction of sp³-hybridized carbons (Fsp3) is 0.727. The molecule has 0 nitrogen and oxygen atoms in total. The molecule has 3 rings (SSSR count). The highest BCUT2D eigenvalue weighted by Crippen LogP contribution is 2.49. The quantitative estimate of drug-likeness (QED) is 0.518. The van der Waals surface area contributed by atoms with Gasteiger partial charge in [0.25, 0.3) is 0 Å². The van der Waals surface area contributed by atoms with Crippen LogP contribution >= 0.6 is 0 Å². The van der Waals surface area contributed by atoms with Gasteiger partial charge in [-0.15, -0.1) is 0 Å². The number of rotatable bonds is 6. The second kappa shape index (κ2) is 7.81. The third-order valence-corrected chi connectivity index (χ3v) is 6.31. The molecule has 2 aliphatic carbocycles. The SMILES string of the molecule is CCCCCc1ccc2c(c1)CCC1C2CCC(CCC)C1F. The van der Waals surface area contributed by atoms with E-state index in [9.17, 15) is 4.39 Å². The third-order valence-electron chi connectivity index (χ3n) is 6.31. The summed E-state index contributed by atoms with van der Waals surface area (Å²) in [6.07, 6.45) is 11.2. The van der Waals surface area contributed by atoms with Crippen molar-refractivity contribution in [3.63, 3.8) is 0 Å². The standard InChI is InChI=1S/C22H33F/c1-3-5-6-8-16-9-12-19-18(15-16)11-14-21-20(19)13-10-17(7-4-2)22(21)23/h9,12,15,17,20-22H,3-8,10-11,13-14H2,1-2H3. The van der Waals surface area contributed by atoms with Crippen LogP contribution in [0.4, 0.5) is 4.39 Å². The van der Waals surface area contributed by atoms with Crippen molar-refractivity contribution in [2.75, 3.05) is 0 Å². The number of halogens is 1. The zero-order valence-electron chi connectivity index (χ0n) is 15.0. The van der Waals surface area contributed by atoms with Gasteiger partial charge in [-0.05, 0) is 79.4 Å². The molecule has 0 aromatic heterocycles. The summed E-state index contributed by atoms with van der Waals surface area (Å²) in [4.78, 5) is 0. The molecule has 0 heterocycles. The van der Waals surface area contributed by atoms with Crippen LogP contribution in [0.1, 0.15) is 87.8 Å². The number of hydrogen-bond acceptors (Lipinski definition) is 0. The Morgan fingerprint density at radius 3 is 2.70 bits per heavy atom. The first-order valence-corrected chi connectivity index (χ1v) is 10.00. The molecule has 1 fully saturated rings. The summed E-state index contributed by atoms with van der Waals surface area (Å²) in [6.45, 7) is 4.45. The molecular formula is C22H33F. The third kappa shape index (κ3) is 3.64. The number of alkyl halides is 1. The van der Waals surface area contributed by atoms with Gasteiger partial charge in [0.05, 0.1) is 0 Å². The highest BCUT2D eigenvalue weighted by atomic mass is 19.1. The van der Waals surface area contributed by atoms with E-state index in [2.05, 4.69) is 32.0 Å². The van der Waals surface area contributed by atoms with Gasteiger partial charge in [-0.25, -0.2) is 4.39 Å². The molecule has 0 N–H and O–H groups in total. The molecule has 128 valence electrons. The summed E-state index contributed by atoms with van der Waals surface area (Å²) in [5.74, 6) is 1.11. The molecule has 1 saturated carbocycles. The van der Waals surface area contributed by atoms with Crippen molar-refractivity contribution >= 4 is 0 Å². The highest BCUT2D eigenvalue weighted by Gasteiger charge is 2.42. The van der Waals surface area contributed by atoms with Crippen molar-refractivity contribution in [3.8, 4) is 0 Å². The van der Waals surface area contributed by atoms with Gasteiger partial charge in [-0.2, -0.15) is 0 Å². The summed E-state index contributed by atoms with van der Waals surface area (Å²) in [7, 11) is 0. The molecule has 1 aromatic rings. The van der Waals surface area contributed by atoms with Gasteiger partial charge in [0.2, 0.25) is 0 Å². The molecule has 0 saturated heterocycles. The fourth-order valence-corrected chi connectivity index (χ4v) is 5.05. The smallest absolute Gasteiger partial charge is 0.106 e. The van der Waals surface area contributed by atoms with E-state index in [1.807, 2.05) is 0 Å². The number of hydrogen-bond donors (Lipinski definition) is 0. The number of aryl methyl sites for hydroxylation is 2. The summed E-state index contributed by atoms with van der Waals surface area (Å²) in [5.41, 5.74) is 4.51. The van der Waals surface area contributed by atoms with E-state index in [0.717, 1.165) is 32.1 Å². The first-order valence-electron chi connectivity index (χ1n) is 10.00. The lowest BCUT2D eigenvalue weighted by molar-refractivity contribution is 0.0643.